The molecule has 1 aliphatic rings. The molecule has 4 nitrogen and oxygen atoms in total. The van der Waals surface area contributed by atoms with E-state index in [1.54, 1.807) is 0 Å². The van der Waals surface area contributed by atoms with Gasteiger partial charge in [0.25, 0.3) is 0 Å². The van der Waals surface area contributed by atoms with Crippen LogP contribution in [0.25, 0.3) is 0 Å². The SMILES string of the molecule is CC(C)CNC(=O)CN1CCCCC1CO. The summed E-state index contributed by atoms with van der Waals surface area (Å²) in [5, 5.41) is 12.1. The highest BCUT2D eigenvalue weighted by Crippen LogP contribution is 2.15. The average molecular weight is 228 g/mol. The summed E-state index contributed by atoms with van der Waals surface area (Å²) in [6.07, 6.45) is 3.30. The van der Waals surface area contributed by atoms with Crippen molar-refractivity contribution >= 4 is 5.91 Å². The summed E-state index contributed by atoms with van der Waals surface area (Å²) in [5.74, 6) is 0.563. The van der Waals surface area contributed by atoms with Gasteiger partial charge in [-0.3, -0.25) is 9.69 Å². The second kappa shape index (κ2) is 6.86. The Kier molecular flexibility index (Phi) is 5.77. The largest absolute Gasteiger partial charge is 0.395 e. The lowest BCUT2D eigenvalue weighted by Crippen LogP contribution is -2.47. The molecule has 94 valence electrons. The van der Waals surface area contributed by atoms with Crippen LogP contribution >= 0.6 is 0 Å². The summed E-state index contributed by atoms with van der Waals surface area (Å²) < 4.78 is 0. The third kappa shape index (κ3) is 4.49. The van der Waals surface area contributed by atoms with E-state index in [0.717, 1.165) is 32.4 Å². The van der Waals surface area contributed by atoms with Gasteiger partial charge in [-0.2, -0.15) is 0 Å². The molecular weight excluding hydrogens is 204 g/mol. The maximum absolute atomic E-state index is 11.6. The van der Waals surface area contributed by atoms with Gasteiger partial charge in [0, 0.05) is 12.6 Å². The maximum atomic E-state index is 11.6. The van der Waals surface area contributed by atoms with E-state index in [9.17, 15) is 9.90 Å². The highest BCUT2D eigenvalue weighted by molar-refractivity contribution is 5.78. The second-order valence-electron chi connectivity index (χ2n) is 5.00. The van der Waals surface area contributed by atoms with Gasteiger partial charge in [0.1, 0.15) is 0 Å². The van der Waals surface area contributed by atoms with Gasteiger partial charge < -0.3 is 10.4 Å². The summed E-state index contributed by atoms with van der Waals surface area (Å²) in [4.78, 5) is 13.7. The monoisotopic (exact) mass is 228 g/mol. The molecule has 4 heteroatoms. The van der Waals surface area contributed by atoms with Crippen molar-refractivity contribution in [2.75, 3.05) is 26.2 Å². The highest BCUT2D eigenvalue weighted by atomic mass is 16.3. The zero-order chi connectivity index (χ0) is 12.0. The number of nitrogens with zero attached hydrogens (tertiary/aromatic N) is 1. The lowest BCUT2D eigenvalue weighted by molar-refractivity contribution is -0.123. The number of hydrogen-bond acceptors (Lipinski definition) is 3. The van der Waals surface area contributed by atoms with Crippen LogP contribution in [0.3, 0.4) is 0 Å². The fraction of sp³-hybridized carbons (Fsp3) is 0.917. The van der Waals surface area contributed by atoms with Crippen molar-refractivity contribution in [3.63, 3.8) is 0 Å². The molecule has 0 spiro atoms. The first-order chi connectivity index (χ1) is 7.63. The smallest absolute Gasteiger partial charge is 0.234 e. The highest BCUT2D eigenvalue weighted by Gasteiger charge is 2.23. The molecule has 1 aliphatic heterocycles. The Morgan fingerprint density at radius 1 is 1.50 bits per heavy atom. The fourth-order valence-electron chi connectivity index (χ4n) is 2.03. The van der Waals surface area contributed by atoms with Crippen molar-refractivity contribution in [3.05, 3.63) is 0 Å². The summed E-state index contributed by atoms with van der Waals surface area (Å²) in [6.45, 7) is 6.42. The fourth-order valence-corrected chi connectivity index (χ4v) is 2.03. The van der Waals surface area contributed by atoms with Crippen LogP contribution < -0.4 is 5.32 Å². The van der Waals surface area contributed by atoms with Crippen LogP contribution in [0.1, 0.15) is 33.1 Å². The number of rotatable bonds is 5. The summed E-state index contributed by atoms with van der Waals surface area (Å²) in [6, 6.07) is 0.179. The van der Waals surface area contributed by atoms with Gasteiger partial charge in [-0.1, -0.05) is 20.3 Å². The summed E-state index contributed by atoms with van der Waals surface area (Å²) >= 11 is 0. The van der Waals surface area contributed by atoms with Crippen LogP contribution in [0, 0.1) is 5.92 Å². The molecule has 1 atom stereocenters. The Hall–Kier alpha value is -0.610. The second-order valence-corrected chi connectivity index (χ2v) is 5.00. The topological polar surface area (TPSA) is 52.6 Å². The van der Waals surface area contributed by atoms with Gasteiger partial charge in [-0.05, 0) is 25.3 Å². The zero-order valence-electron chi connectivity index (χ0n) is 10.4. The predicted molar refractivity (Wildman–Crippen MR) is 64.1 cm³/mol. The molecule has 2 N–H and O–H groups in total. The van der Waals surface area contributed by atoms with E-state index in [0.29, 0.717) is 12.5 Å². The van der Waals surface area contributed by atoms with Gasteiger partial charge >= 0.3 is 0 Å². The first-order valence-corrected chi connectivity index (χ1v) is 6.25. The number of nitrogens with one attached hydrogen (secondary N) is 1. The van der Waals surface area contributed by atoms with E-state index >= 15 is 0 Å². The maximum Gasteiger partial charge on any atom is 0.234 e. The molecule has 1 fully saturated rings. The average Bonchev–Trinajstić information content (AvgIpc) is 2.27. The Bertz CT molecular complexity index is 219. The quantitative estimate of drug-likeness (QED) is 0.725. The molecule has 1 heterocycles. The lowest BCUT2D eigenvalue weighted by Gasteiger charge is -2.33. The van der Waals surface area contributed by atoms with E-state index in [4.69, 9.17) is 0 Å². The minimum absolute atomic E-state index is 0.0778. The lowest BCUT2D eigenvalue weighted by atomic mass is 10.0. The molecule has 0 aromatic heterocycles. The third-order valence-electron chi connectivity index (χ3n) is 3.01. The molecule has 0 bridgehead atoms. The normalized spacial score (nSPS) is 22.4. The van der Waals surface area contributed by atoms with Crippen molar-refractivity contribution in [3.8, 4) is 0 Å². The molecule has 0 aromatic rings. The minimum Gasteiger partial charge on any atom is -0.395 e. The number of likely N-dealkylation sites (tertiary alicyclic amines) is 1. The van der Waals surface area contributed by atoms with E-state index < -0.39 is 0 Å². The Morgan fingerprint density at radius 3 is 2.88 bits per heavy atom. The molecule has 0 aliphatic carbocycles. The number of carbonyl (C=O) groups is 1. The van der Waals surface area contributed by atoms with E-state index in [1.807, 2.05) is 0 Å². The van der Waals surface area contributed by atoms with Gasteiger partial charge in [0.05, 0.1) is 13.2 Å². The molecule has 0 aromatic carbocycles. The van der Waals surface area contributed by atoms with Gasteiger partial charge in [0.15, 0.2) is 0 Å². The van der Waals surface area contributed by atoms with Crippen molar-refractivity contribution < 1.29 is 9.90 Å². The van der Waals surface area contributed by atoms with Crippen molar-refractivity contribution in [2.24, 2.45) is 5.92 Å². The van der Waals surface area contributed by atoms with Gasteiger partial charge in [-0.25, -0.2) is 0 Å². The van der Waals surface area contributed by atoms with Crippen LogP contribution in [-0.2, 0) is 4.79 Å². The van der Waals surface area contributed by atoms with Crippen molar-refractivity contribution in [2.45, 2.75) is 39.2 Å². The zero-order valence-corrected chi connectivity index (χ0v) is 10.4. The minimum atomic E-state index is 0.0778. The number of carbonyl (C=O) groups excluding carboxylic acids is 1. The van der Waals surface area contributed by atoms with Crippen LogP contribution in [0.15, 0.2) is 0 Å². The number of piperidine rings is 1. The number of aliphatic hydroxyl groups is 1. The molecule has 0 radical (unpaired) electrons. The molecule has 1 saturated heterocycles. The van der Waals surface area contributed by atoms with E-state index in [1.165, 1.54) is 0 Å². The molecule has 1 amide bonds. The van der Waals surface area contributed by atoms with Crippen LogP contribution in [0.4, 0.5) is 0 Å². The number of amides is 1. The van der Waals surface area contributed by atoms with Gasteiger partial charge in [-0.15, -0.1) is 0 Å². The third-order valence-corrected chi connectivity index (χ3v) is 3.01. The van der Waals surface area contributed by atoms with Crippen molar-refractivity contribution in [1.82, 2.24) is 10.2 Å². The first kappa shape index (κ1) is 13.5. The Morgan fingerprint density at radius 2 is 2.25 bits per heavy atom. The Balaban J connectivity index is 2.30. The number of hydrogen-bond donors (Lipinski definition) is 2. The van der Waals surface area contributed by atoms with Gasteiger partial charge in [0.2, 0.25) is 5.91 Å². The number of aliphatic hydroxyl groups excluding tert-OH is 1. The molecular formula is C12H24N2O2. The summed E-state index contributed by atoms with van der Waals surface area (Å²) in [7, 11) is 0. The molecule has 1 rings (SSSR count). The van der Waals surface area contributed by atoms with Crippen LogP contribution in [0.2, 0.25) is 0 Å². The van der Waals surface area contributed by atoms with E-state index in [-0.39, 0.29) is 18.6 Å². The molecule has 0 saturated carbocycles. The molecule has 16 heavy (non-hydrogen) atoms. The molecule has 1 unspecified atom stereocenters. The van der Waals surface area contributed by atoms with Crippen LogP contribution in [0.5, 0.6) is 0 Å². The van der Waals surface area contributed by atoms with Crippen molar-refractivity contribution in [1.29, 1.82) is 0 Å². The predicted octanol–water partition coefficient (Wildman–Crippen LogP) is 0.605. The first-order valence-electron chi connectivity index (χ1n) is 6.25. The summed E-state index contributed by atoms with van der Waals surface area (Å²) in [5.41, 5.74) is 0. The standard InChI is InChI=1S/C12H24N2O2/c1-10(2)7-13-12(16)8-14-6-4-3-5-11(14)9-15/h10-11,15H,3-9H2,1-2H3,(H,13,16). The Labute approximate surface area is 98.0 Å². The van der Waals surface area contributed by atoms with Crippen LogP contribution in [-0.4, -0.2) is 48.2 Å². The van der Waals surface area contributed by atoms with E-state index in [2.05, 4.69) is 24.1 Å².